The SMILES string of the molecule is C=C.C=C(C)Nc1cc(C)ccc1C. The standard InChI is InChI=1S/C11H15N.C2H4/c1-8(2)12-11-7-9(3)5-6-10(11)4;1-2/h5-7,12H,1H2,2-4H3;1-2H2. The molecule has 0 radical (unpaired) electrons. The molecule has 0 aromatic heterocycles. The van der Waals surface area contributed by atoms with E-state index in [1.807, 2.05) is 6.92 Å². The molecular formula is C13H19N. The Morgan fingerprint density at radius 1 is 1.21 bits per heavy atom. The molecule has 1 nitrogen and oxygen atoms in total. The van der Waals surface area contributed by atoms with E-state index < -0.39 is 0 Å². The Labute approximate surface area is 87.2 Å². The van der Waals surface area contributed by atoms with E-state index in [4.69, 9.17) is 0 Å². The maximum Gasteiger partial charge on any atom is 0.0413 e. The van der Waals surface area contributed by atoms with Gasteiger partial charge in [-0.15, -0.1) is 13.2 Å². The van der Waals surface area contributed by atoms with Crippen LogP contribution in [0.5, 0.6) is 0 Å². The molecule has 0 aliphatic rings. The second-order valence-corrected chi connectivity index (χ2v) is 3.22. The molecule has 0 spiro atoms. The molecule has 1 aromatic carbocycles. The molecule has 1 rings (SSSR count). The van der Waals surface area contributed by atoms with Crippen molar-refractivity contribution in [1.82, 2.24) is 0 Å². The zero-order valence-corrected chi connectivity index (χ0v) is 9.35. The van der Waals surface area contributed by atoms with Gasteiger partial charge in [-0.25, -0.2) is 0 Å². The molecule has 14 heavy (non-hydrogen) atoms. The second kappa shape index (κ2) is 6.03. The first-order valence-electron chi connectivity index (χ1n) is 4.59. The maximum atomic E-state index is 3.81. The Hall–Kier alpha value is -1.50. The number of aryl methyl sites for hydroxylation is 2. The van der Waals surface area contributed by atoms with Crippen LogP contribution < -0.4 is 5.32 Å². The molecule has 1 N–H and O–H groups in total. The topological polar surface area (TPSA) is 12.0 Å². The van der Waals surface area contributed by atoms with Crippen LogP contribution in [0.3, 0.4) is 0 Å². The summed E-state index contributed by atoms with van der Waals surface area (Å²) in [4.78, 5) is 0. The highest BCUT2D eigenvalue weighted by Crippen LogP contribution is 2.17. The molecular weight excluding hydrogens is 170 g/mol. The third kappa shape index (κ3) is 3.94. The quantitative estimate of drug-likeness (QED) is 0.692. The minimum atomic E-state index is 0.976. The molecule has 0 saturated heterocycles. The highest BCUT2D eigenvalue weighted by atomic mass is 14.9. The molecule has 0 amide bonds. The molecule has 0 bridgehead atoms. The van der Waals surface area contributed by atoms with Gasteiger partial charge < -0.3 is 5.32 Å². The number of allylic oxidation sites excluding steroid dienone is 1. The zero-order valence-electron chi connectivity index (χ0n) is 9.35. The van der Waals surface area contributed by atoms with E-state index in [9.17, 15) is 0 Å². The first kappa shape index (κ1) is 12.5. The molecule has 0 fully saturated rings. The summed E-state index contributed by atoms with van der Waals surface area (Å²) >= 11 is 0. The summed E-state index contributed by atoms with van der Waals surface area (Å²) in [5.74, 6) is 0. The first-order chi connectivity index (χ1) is 6.59. The largest absolute Gasteiger partial charge is 0.359 e. The van der Waals surface area contributed by atoms with Crippen LogP contribution in [0.1, 0.15) is 18.1 Å². The third-order valence-electron chi connectivity index (χ3n) is 1.74. The number of anilines is 1. The molecule has 0 unspecified atom stereocenters. The molecule has 0 heterocycles. The van der Waals surface area contributed by atoms with Crippen molar-refractivity contribution in [3.63, 3.8) is 0 Å². The van der Waals surface area contributed by atoms with Crippen molar-refractivity contribution in [3.8, 4) is 0 Å². The molecule has 76 valence electrons. The van der Waals surface area contributed by atoms with Gasteiger partial charge in [0.25, 0.3) is 0 Å². The van der Waals surface area contributed by atoms with Crippen LogP contribution in [0.4, 0.5) is 5.69 Å². The molecule has 0 atom stereocenters. The van der Waals surface area contributed by atoms with Gasteiger partial charge in [-0.3, -0.25) is 0 Å². The fourth-order valence-electron chi connectivity index (χ4n) is 1.10. The summed E-state index contributed by atoms with van der Waals surface area (Å²) < 4.78 is 0. The summed E-state index contributed by atoms with van der Waals surface area (Å²) in [5.41, 5.74) is 4.65. The molecule has 0 aliphatic carbocycles. The van der Waals surface area contributed by atoms with Crippen LogP contribution in [0, 0.1) is 13.8 Å². The van der Waals surface area contributed by atoms with Crippen molar-refractivity contribution in [2.45, 2.75) is 20.8 Å². The number of benzene rings is 1. The number of rotatable bonds is 2. The van der Waals surface area contributed by atoms with Crippen LogP contribution in [0.25, 0.3) is 0 Å². The number of nitrogens with one attached hydrogen (secondary N) is 1. The number of hydrogen-bond donors (Lipinski definition) is 1. The Balaban J connectivity index is 0.000000791. The van der Waals surface area contributed by atoms with E-state index >= 15 is 0 Å². The van der Waals surface area contributed by atoms with Gasteiger partial charge >= 0.3 is 0 Å². The predicted octanol–water partition coefficient (Wildman–Crippen LogP) is 4.05. The van der Waals surface area contributed by atoms with Crippen LogP contribution in [-0.4, -0.2) is 0 Å². The predicted molar refractivity (Wildman–Crippen MR) is 65.6 cm³/mol. The summed E-state index contributed by atoms with van der Waals surface area (Å²) in [6.07, 6.45) is 0. The monoisotopic (exact) mass is 189 g/mol. The Morgan fingerprint density at radius 2 is 1.79 bits per heavy atom. The molecule has 0 aliphatic heterocycles. The fraction of sp³-hybridized carbons (Fsp3) is 0.231. The van der Waals surface area contributed by atoms with Crippen molar-refractivity contribution < 1.29 is 0 Å². The summed E-state index contributed by atoms with van der Waals surface area (Å²) in [6.45, 7) is 15.9. The number of hydrogen-bond acceptors (Lipinski definition) is 1. The minimum Gasteiger partial charge on any atom is -0.359 e. The summed E-state index contributed by atoms with van der Waals surface area (Å²) in [7, 11) is 0. The third-order valence-corrected chi connectivity index (χ3v) is 1.74. The van der Waals surface area contributed by atoms with Crippen LogP contribution in [0.15, 0.2) is 43.6 Å². The van der Waals surface area contributed by atoms with Crippen molar-refractivity contribution in [2.24, 2.45) is 0 Å². The normalized spacial score (nSPS) is 8.50. The van der Waals surface area contributed by atoms with Gasteiger partial charge in [0.2, 0.25) is 0 Å². The summed E-state index contributed by atoms with van der Waals surface area (Å²) in [6, 6.07) is 6.35. The van der Waals surface area contributed by atoms with E-state index in [0.717, 1.165) is 11.4 Å². The van der Waals surface area contributed by atoms with Crippen LogP contribution in [0.2, 0.25) is 0 Å². The average Bonchev–Trinajstić information content (AvgIpc) is 2.14. The second-order valence-electron chi connectivity index (χ2n) is 3.22. The smallest absolute Gasteiger partial charge is 0.0413 e. The zero-order chi connectivity index (χ0) is 11.1. The fourth-order valence-corrected chi connectivity index (χ4v) is 1.10. The Morgan fingerprint density at radius 3 is 2.29 bits per heavy atom. The lowest BCUT2D eigenvalue weighted by Crippen LogP contribution is -1.96. The van der Waals surface area contributed by atoms with Gasteiger partial charge in [0.05, 0.1) is 0 Å². The Kier molecular flexibility index (Phi) is 5.38. The Bertz CT molecular complexity index is 313. The van der Waals surface area contributed by atoms with Crippen LogP contribution in [-0.2, 0) is 0 Å². The van der Waals surface area contributed by atoms with Crippen molar-refractivity contribution in [2.75, 3.05) is 5.32 Å². The van der Waals surface area contributed by atoms with E-state index in [1.54, 1.807) is 0 Å². The van der Waals surface area contributed by atoms with E-state index in [1.165, 1.54) is 11.1 Å². The van der Waals surface area contributed by atoms with Crippen molar-refractivity contribution in [3.05, 3.63) is 54.8 Å². The lowest BCUT2D eigenvalue weighted by molar-refractivity contribution is 1.33. The van der Waals surface area contributed by atoms with E-state index in [-0.39, 0.29) is 0 Å². The van der Waals surface area contributed by atoms with E-state index in [0.29, 0.717) is 0 Å². The van der Waals surface area contributed by atoms with Gasteiger partial charge in [-0.2, -0.15) is 0 Å². The van der Waals surface area contributed by atoms with Gasteiger partial charge in [0.15, 0.2) is 0 Å². The van der Waals surface area contributed by atoms with Gasteiger partial charge in [0, 0.05) is 11.4 Å². The first-order valence-corrected chi connectivity index (χ1v) is 4.59. The highest BCUT2D eigenvalue weighted by molar-refractivity contribution is 5.55. The van der Waals surface area contributed by atoms with Gasteiger partial charge in [0.1, 0.15) is 0 Å². The summed E-state index contributed by atoms with van der Waals surface area (Å²) in [5, 5.41) is 3.22. The van der Waals surface area contributed by atoms with Crippen molar-refractivity contribution in [1.29, 1.82) is 0 Å². The lowest BCUT2D eigenvalue weighted by Gasteiger charge is -2.09. The molecule has 1 heteroatoms. The molecule has 0 saturated carbocycles. The van der Waals surface area contributed by atoms with Gasteiger partial charge in [-0.05, 0) is 38.0 Å². The lowest BCUT2D eigenvalue weighted by atomic mass is 10.1. The average molecular weight is 189 g/mol. The van der Waals surface area contributed by atoms with Crippen LogP contribution >= 0.6 is 0 Å². The maximum absolute atomic E-state index is 3.81. The van der Waals surface area contributed by atoms with Crippen molar-refractivity contribution >= 4 is 5.69 Å². The highest BCUT2D eigenvalue weighted by Gasteiger charge is 1.96. The van der Waals surface area contributed by atoms with E-state index in [2.05, 4.69) is 57.1 Å². The molecule has 1 aromatic rings. The minimum absolute atomic E-state index is 0.976. The van der Waals surface area contributed by atoms with Gasteiger partial charge in [-0.1, -0.05) is 18.7 Å².